The lowest BCUT2D eigenvalue weighted by atomic mass is 10.0. The van der Waals surface area contributed by atoms with E-state index in [1.807, 2.05) is 53.4 Å². The van der Waals surface area contributed by atoms with E-state index >= 15 is 0 Å². The van der Waals surface area contributed by atoms with Gasteiger partial charge < -0.3 is 15.0 Å². The summed E-state index contributed by atoms with van der Waals surface area (Å²) in [5.74, 6) is 0.894. The number of amides is 1. The zero-order valence-corrected chi connectivity index (χ0v) is 12.9. The number of nitrogens with one attached hydrogen (secondary N) is 1. The Morgan fingerprint density at radius 3 is 2.55 bits per heavy atom. The van der Waals surface area contributed by atoms with Crippen molar-refractivity contribution < 1.29 is 9.53 Å². The standard InChI is InChI=1S/C18H20N2O2/c1-3-12-20-17(13-8-10-14(22-2)11-9-13)19-16-7-5-4-6-15(16)18(20)21/h4-11,17,19H,3,12H2,1-2H3. The average molecular weight is 296 g/mol. The Morgan fingerprint density at radius 1 is 1.14 bits per heavy atom. The molecule has 0 spiro atoms. The highest BCUT2D eigenvalue weighted by molar-refractivity contribution is 6.01. The van der Waals surface area contributed by atoms with Crippen LogP contribution in [0.25, 0.3) is 0 Å². The van der Waals surface area contributed by atoms with Gasteiger partial charge in [-0.1, -0.05) is 31.2 Å². The van der Waals surface area contributed by atoms with Gasteiger partial charge in [0.1, 0.15) is 11.9 Å². The lowest BCUT2D eigenvalue weighted by Gasteiger charge is -2.38. The molecule has 1 N–H and O–H groups in total. The van der Waals surface area contributed by atoms with Crippen molar-refractivity contribution in [3.05, 3.63) is 59.7 Å². The SMILES string of the molecule is CCCN1C(=O)c2ccccc2NC1c1ccc(OC)cc1. The molecule has 0 aromatic heterocycles. The molecule has 1 amide bonds. The number of ether oxygens (including phenoxy) is 1. The number of carbonyl (C=O) groups is 1. The van der Waals surface area contributed by atoms with Crippen molar-refractivity contribution in [2.24, 2.45) is 0 Å². The number of hydrogen-bond acceptors (Lipinski definition) is 3. The Labute approximate surface area is 130 Å². The van der Waals surface area contributed by atoms with Gasteiger partial charge in [-0.3, -0.25) is 4.79 Å². The van der Waals surface area contributed by atoms with Gasteiger partial charge in [-0.15, -0.1) is 0 Å². The maximum Gasteiger partial charge on any atom is 0.257 e. The summed E-state index contributed by atoms with van der Waals surface area (Å²) in [6, 6.07) is 15.5. The minimum atomic E-state index is -0.145. The van der Waals surface area contributed by atoms with Crippen molar-refractivity contribution in [3.63, 3.8) is 0 Å². The van der Waals surface area contributed by atoms with Crippen LogP contribution in [0.5, 0.6) is 5.75 Å². The maximum atomic E-state index is 12.8. The molecule has 1 aliphatic heterocycles. The molecule has 1 aliphatic rings. The topological polar surface area (TPSA) is 41.6 Å². The van der Waals surface area contributed by atoms with Gasteiger partial charge in [0, 0.05) is 12.2 Å². The van der Waals surface area contributed by atoms with Gasteiger partial charge in [0.25, 0.3) is 5.91 Å². The van der Waals surface area contributed by atoms with Gasteiger partial charge in [0.05, 0.1) is 12.7 Å². The van der Waals surface area contributed by atoms with Crippen LogP contribution in [0.2, 0.25) is 0 Å². The van der Waals surface area contributed by atoms with E-state index in [4.69, 9.17) is 4.74 Å². The number of benzene rings is 2. The van der Waals surface area contributed by atoms with Gasteiger partial charge in [-0.25, -0.2) is 0 Å². The summed E-state index contributed by atoms with van der Waals surface area (Å²) >= 11 is 0. The summed E-state index contributed by atoms with van der Waals surface area (Å²) in [7, 11) is 1.65. The Hall–Kier alpha value is -2.49. The van der Waals surface area contributed by atoms with Crippen molar-refractivity contribution in [1.82, 2.24) is 4.90 Å². The predicted molar refractivity (Wildman–Crippen MR) is 87.1 cm³/mol. The van der Waals surface area contributed by atoms with E-state index < -0.39 is 0 Å². The number of rotatable bonds is 4. The van der Waals surface area contributed by atoms with Crippen molar-refractivity contribution in [3.8, 4) is 5.75 Å². The van der Waals surface area contributed by atoms with Gasteiger partial charge in [0.15, 0.2) is 0 Å². The minimum Gasteiger partial charge on any atom is -0.497 e. The van der Waals surface area contributed by atoms with Crippen LogP contribution in [0.4, 0.5) is 5.69 Å². The second-order valence-electron chi connectivity index (χ2n) is 5.36. The Kier molecular flexibility index (Phi) is 4.00. The Bertz CT molecular complexity index is 667. The minimum absolute atomic E-state index is 0.0806. The molecule has 0 saturated heterocycles. The zero-order valence-electron chi connectivity index (χ0n) is 12.9. The summed E-state index contributed by atoms with van der Waals surface area (Å²) in [5, 5.41) is 3.48. The Morgan fingerprint density at radius 2 is 1.86 bits per heavy atom. The van der Waals surface area contributed by atoms with Crippen molar-refractivity contribution in [2.45, 2.75) is 19.5 Å². The lowest BCUT2D eigenvalue weighted by molar-refractivity contribution is 0.0683. The molecule has 22 heavy (non-hydrogen) atoms. The van der Waals surface area contributed by atoms with Crippen molar-refractivity contribution in [2.75, 3.05) is 19.0 Å². The van der Waals surface area contributed by atoms with Crippen LogP contribution < -0.4 is 10.1 Å². The monoisotopic (exact) mass is 296 g/mol. The average Bonchev–Trinajstić information content (AvgIpc) is 2.57. The molecule has 4 heteroatoms. The fourth-order valence-electron chi connectivity index (χ4n) is 2.81. The fourth-order valence-corrected chi connectivity index (χ4v) is 2.81. The number of methoxy groups -OCH3 is 1. The summed E-state index contributed by atoms with van der Waals surface area (Å²) in [6.45, 7) is 2.80. The highest BCUT2D eigenvalue weighted by Crippen LogP contribution is 2.33. The second-order valence-corrected chi connectivity index (χ2v) is 5.36. The first-order valence-electron chi connectivity index (χ1n) is 7.55. The van der Waals surface area contributed by atoms with E-state index in [1.54, 1.807) is 7.11 Å². The summed E-state index contributed by atoms with van der Waals surface area (Å²) in [6.07, 6.45) is 0.774. The number of anilines is 1. The first-order chi connectivity index (χ1) is 10.7. The van der Waals surface area contributed by atoms with Gasteiger partial charge >= 0.3 is 0 Å². The van der Waals surface area contributed by atoms with Crippen LogP contribution in [0.15, 0.2) is 48.5 Å². The molecule has 3 rings (SSSR count). The number of para-hydroxylation sites is 1. The third-order valence-corrected chi connectivity index (χ3v) is 3.92. The smallest absolute Gasteiger partial charge is 0.257 e. The molecule has 114 valence electrons. The largest absolute Gasteiger partial charge is 0.497 e. The number of nitrogens with zero attached hydrogens (tertiary/aromatic N) is 1. The molecule has 0 radical (unpaired) electrons. The molecule has 0 aliphatic carbocycles. The van der Waals surface area contributed by atoms with Crippen LogP contribution >= 0.6 is 0 Å². The molecule has 0 bridgehead atoms. The van der Waals surface area contributed by atoms with Crippen LogP contribution in [0, 0.1) is 0 Å². The molecule has 1 atom stereocenters. The summed E-state index contributed by atoms with van der Waals surface area (Å²) in [5.41, 5.74) is 2.68. The number of carbonyl (C=O) groups excluding carboxylic acids is 1. The zero-order chi connectivity index (χ0) is 15.5. The molecular weight excluding hydrogens is 276 g/mol. The van der Waals surface area contributed by atoms with Crippen LogP contribution in [0.3, 0.4) is 0 Å². The van der Waals surface area contributed by atoms with E-state index in [-0.39, 0.29) is 12.1 Å². The van der Waals surface area contributed by atoms with E-state index in [9.17, 15) is 4.79 Å². The molecule has 0 fully saturated rings. The van der Waals surface area contributed by atoms with E-state index in [0.717, 1.165) is 35.5 Å². The van der Waals surface area contributed by atoms with Gasteiger partial charge in [-0.2, -0.15) is 0 Å². The van der Waals surface area contributed by atoms with Crippen molar-refractivity contribution in [1.29, 1.82) is 0 Å². The maximum absolute atomic E-state index is 12.8. The molecule has 1 heterocycles. The highest BCUT2D eigenvalue weighted by Gasteiger charge is 2.31. The molecular formula is C18H20N2O2. The predicted octanol–water partition coefficient (Wildman–Crippen LogP) is 3.67. The summed E-state index contributed by atoms with van der Waals surface area (Å²) in [4.78, 5) is 14.7. The van der Waals surface area contributed by atoms with Crippen LogP contribution in [-0.2, 0) is 0 Å². The molecule has 1 unspecified atom stereocenters. The third-order valence-electron chi connectivity index (χ3n) is 3.92. The molecule has 4 nitrogen and oxygen atoms in total. The van der Waals surface area contributed by atoms with E-state index in [2.05, 4.69) is 12.2 Å². The normalized spacial score (nSPS) is 16.9. The van der Waals surface area contributed by atoms with Crippen LogP contribution in [-0.4, -0.2) is 24.5 Å². The fraction of sp³-hybridized carbons (Fsp3) is 0.278. The first kappa shape index (κ1) is 14.4. The van der Waals surface area contributed by atoms with Crippen LogP contribution in [0.1, 0.15) is 35.4 Å². The third kappa shape index (κ3) is 2.52. The van der Waals surface area contributed by atoms with Gasteiger partial charge in [-0.05, 0) is 36.2 Å². The van der Waals surface area contributed by atoms with E-state index in [0.29, 0.717) is 0 Å². The highest BCUT2D eigenvalue weighted by atomic mass is 16.5. The Balaban J connectivity index is 1.99. The lowest BCUT2D eigenvalue weighted by Crippen LogP contribution is -2.43. The number of fused-ring (bicyclic) bond motifs is 1. The second kappa shape index (κ2) is 6.10. The number of hydrogen-bond donors (Lipinski definition) is 1. The summed E-state index contributed by atoms with van der Waals surface area (Å²) < 4.78 is 5.21. The quantitative estimate of drug-likeness (QED) is 0.936. The van der Waals surface area contributed by atoms with Crippen molar-refractivity contribution >= 4 is 11.6 Å². The molecule has 0 saturated carbocycles. The van der Waals surface area contributed by atoms with E-state index in [1.165, 1.54) is 0 Å². The molecule has 2 aromatic rings. The molecule has 2 aromatic carbocycles. The first-order valence-corrected chi connectivity index (χ1v) is 7.55. The van der Waals surface area contributed by atoms with Gasteiger partial charge in [0.2, 0.25) is 0 Å².